The molecule has 0 atom stereocenters. The van der Waals surface area contributed by atoms with Gasteiger partial charge < -0.3 is 4.98 Å². The number of aromatic amines is 1. The van der Waals surface area contributed by atoms with Gasteiger partial charge in [-0.1, -0.05) is 78.9 Å². The van der Waals surface area contributed by atoms with E-state index in [1.54, 1.807) is 23.9 Å². The zero-order valence-corrected chi connectivity index (χ0v) is 19.1. The highest BCUT2D eigenvalue weighted by Crippen LogP contribution is 2.23. The molecule has 4 aromatic carbocycles. The average Bonchev–Trinajstić information content (AvgIpc) is 3.44. The normalized spacial score (nSPS) is 11.2. The lowest BCUT2D eigenvalue weighted by atomic mass is 10.0. The van der Waals surface area contributed by atoms with E-state index in [0.717, 1.165) is 39.7 Å². The van der Waals surface area contributed by atoms with Crippen LogP contribution in [-0.2, 0) is 6.42 Å². The Kier molecular flexibility index (Phi) is 6.73. The Bertz CT molecular complexity index is 1420. The number of fused-ring (bicyclic) bond motifs is 1. The summed E-state index contributed by atoms with van der Waals surface area (Å²) >= 11 is 0. The van der Waals surface area contributed by atoms with Gasteiger partial charge in [0.2, 0.25) is 0 Å². The Morgan fingerprint density at radius 2 is 1.63 bits per heavy atom. The van der Waals surface area contributed by atoms with Crippen molar-refractivity contribution in [2.45, 2.75) is 6.42 Å². The summed E-state index contributed by atoms with van der Waals surface area (Å²) in [5.41, 5.74) is 8.12. The molecule has 0 unspecified atom stereocenters. The molecule has 0 saturated heterocycles. The van der Waals surface area contributed by atoms with Crippen molar-refractivity contribution in [1.82, 2.24) is 15.4 Å². The molecule has 5 rings (SSSR count). The molecule has 5 aromatic rings. The molecule has 1 amide bonds. The zero-order valence-electron chi connectivity index (χ0n) is 19.1. The number of carbonyl (C=O) groups is 1. The van der Waals surface area contributed by atoms with Gasteiger partial charge in [-0.2, -0.15) is 4.99 Å². The van der Waals surface area contributed by atoms with Crippen molar-refractivity contribution in [3.05, 3.63) is 121 Å². The molecule has 0 aliphatic rings. The summed E-state index contributed by atoms with van der Waals surface area (Å²) < 4.78 is 0. The Labute approximate surface area is 204 Å². The van der Waals surface area contributed by atoms with E-state index in [1.165, 1.54) is 0 Å². The van der Waals surface area contributed by atoms with E-state index in [1.807, 2.05) is 72.8 Å². The Morgan fingerprint density at radius 3 is 2.43 bits per heavy atom. The van der Waals surface area contributed by atoms with Crippen LogP contribution in [0.4, 0.5) is 5.69 Å². The number of anilines is 1. The molecule has 0 fully saturated rings. The summed E-state index contributed by atoms with van der Waals surface area (Å²) in [6.07, 6.45) is 5.77. The van der Waals surface area contributed by atoms with Gasteiger partial charge in [-0.3, -0.25) is 9.80 Å². The predicted molar refractivity (Wildman–Crippen MR) is 141 cm³/mol. The summed E-state index contributed by atoms with van der Waals surface area (Å²) in [5.74, 6) is -0.289. The molecule has 0 bridgehead atoms. The number of imidazole rings is 1. The number of nitrogens with one attached hydrogen (secondary N) is 2. The molecule has 172 valence electrons. The van der Waals surface area contributed by atoms with Crippen LogP contribution in [0.15, 0.2) is 115 Å². The molecular weight excluding hydrogens is 434 g/mol. The highest BCUT2D eigenvalue weighted by Gasteiger charge is 2.10. The number of hydrogen-bond donors (Lipinski definition) is 2. The Hall–Kier alpha value is -4.55. The fourth-order valence-corrected chi connectivity index (χ4v) is 3.97. The molecule has 35 heavy (non-hydrogen) atoms. The lowest BCUT2D eigenvalue weighted by Gasteiger charge is -2.21. The SMILES string of the molecule is O=C(N=CN(NCCc1cnc[nH]1)c1ccc(-c2ccccc2)cc1)c1cccc2ccccc12. The van der Waals surface area contributed by atoms with E-state index < -0.39 is 0 Å². The number of benzene rings is 4. The highest BCUT2D eigenvalue weighted by molar-refractivity contribution is 6.10. The summed E-state index contributed by atoms with van der Waals surface area (Å²) in [6.45, 7) is 0.636. The van der Waals surface area contributed by atoms with Gasteiger partial charge in [0.15, 0.2) is 0 Å². The van der Waals surface area contributed by atoms with Crippen LogP contribution >= 0.6 is 0 Å². The molecule has 6 nitrogen and oxygen atoms in total. The molecule has 6 heteroatoms. The van der Waals surface area contributed by atoms with E-state index in [4.69, 9.17) is 0 Å². The van der Waals surface area contributed by atoms with Crippen molar-refractivity contribution in [2.24, 2.45) is 4.99 Å². The number of amides is 1. The van der Waals surface area contributed by atoms with Crippen LogP contribution in [0.3, 0.4) is 0 Å². The lowest BCUT2D eigenvalue weighted by molar-refractivity contribution is 0.100. The zero-order chi connectivity index (χ0) is 23.9. The molecule has 1 heterocycles. The molecule has 2 N–H and O–H groups in total. The second-order valence-corrected chi connectivity index (χ2v) is 8.09. The van der Waals surface area contributed by atoms with Gasteiger partial charge >= 0.3 is 0 Å². The second-order valence-electron chi connectivity index (χ2n) is 8.09. The van der Waals surface area contributed by atoms with Crippen LogP contribution in [-0.4, -0.2) is 28.8 Å². The molecule has 0 spiro atoms. The number of aromatic nitrogens is 2. The summed E-state index contributed by atoms with van der Waals surface area (Å²) in [4.78, 5) is 24.5. The van der Waals surface area contributed by atoms with E-state index in [2.05, 4.69) is 44.7 Å². The van der Waals surface area contributed by atoms with Crippen LogP contribution in [0, 0.1) is 0 Å². The molecule has 0 radical (unpaired) electrons. The monoisotopic (exact) mass is 459 g/mol. The maximum atomic E-state index is 13.0. The van der Waals surface area contributed by atoms with E-state index in [0.29, 0.717) is 12.1 Å². The van der Waals surface area contributed by atoms with Crippen molar-refractivity contribution >= 4 is 28.7 Å². The molecule has 0 saturated carbocycles. The van der Waals surface area contributed by atoms with Gasteiger partial charge in [-0.05, 0) is 40.1 Å². The molecule has 0 aliphatic carbocycles. The minimum absolute atomic E-state index is 0.289. The first-order valence-corrected chi connectivity index (χ1v) is 11.5. The van der Waals surface area contributed by atoms with Crippen LogP contribution in [0.2, 0.25) is 0 Å². The first-order chi connectivity index (χ1) is 17.3. The van der Waals surface area contributed by atoms with Crippen LogP contribution < -0.4 is 10.4 Å². The molecule has 0 aliphatic heterocycles. The summed E-state index contributed by atoms with van der Waals surface area (Å²) in [6, 6.07) is 31.9. The fourth-order valence-electron chi connectivity index (χ4n) is 3.97. The number of carbonyl (C=O) groups excluding carboxylic acids is 1. The van der Waals surface area contributed by atoms with Crippen LogP contribution in [0.1, 0.15) is 16.1 Å². The van der Waals surface area contributed by atoms with Crippen molar-refractivity contribution in [3.8, 4) is 11.1 Å². The first-order valence-electron chi connectivity index (χ1n) is 11.5. The van der Waals surface area contributed by atoms with Crippen molar-refractivity contribution in [1.29, 1.82) is 0 Å². The van der Waals surface area contributed by atoms with Gasteiger partial charge in [0.25, 0.3) is 5.91 Å². The Balaban J connectivity index is 1.38. The maximum absolute atomic E-state index is 13.0. The van der Waals surface area contributed by atoms with Gasteiger partial charge in [0.05, 0.1) is 12.0 Å². The smallest absolute Gasteiger partial charge is 0.279 e. The first kappa shape index (κ1) is 22.3. The maximum Gasteiger partial charge on any atom is 0.279 e. The molecule has 1 aromatic heterocycles. The number of H-pyrrole nitrogens is 1. The third-order valence-corrected chi connectivity index (χ3v) is 5.79. The van der Waals surface area contributed by atoms with E-state index in [-0.39, 0.29) is 5.91 Å². The van der Waals surface area contributed by atoms with Crippen molar-refractivity contribution in [3.63, 3.8) is 0 Å². The van der Waals surface area contributed by atoms with Crippen LogP contribution in [0.25, 0.3) is 21.9 Å². The largest absolute Gasteiger partial charge is 0.348 e. The van der Waals surface area contributed by atoms with E-state index in [9.17, 15) is 4.79 Å². The topological polar surface area (TPSA) is 73.4 Å². The van der Waals surface area contributed by atoms with Crippen LogP contribution in [0.5, 0.6) is 0 Å². The minimum atomic E-state index is -0.289. The van der Waals surface area contributed by atoms with Gasteiger partial charge in [0, 0.05) is 30.4 Å². The average molecular weight is 460 g/mol. The van der Waals surface area contributed by atoms with Gasteiger partial charge in [-0.15, -0.1) is 0 Å². The third kappa shape index (κ3) is 5.34. The minimum Gasteiger partial charge on any atom is -0.348 e. The second kappa shape index (κ2) is 10.6. The summed E-state index contributed by atoms with van der Waals surface area (Å²) in [5, 5.41) is 3.69. The van der Waals surface area contributed by atoms with Gasteiger partial charge in [0.1, 0.15) is 6.34 Å². The van der Waals surface area contributed by atoms with Crippen molar-refractivity contribution < 1.29 is 4.79 Å². The van der Waals surface area contributed by atoms with Gasteiger partial charge in [-0.25, -0.2) is 10.4 Å². The highest BCUT2D eigenvalue weighted by atomic mass is 16.1. The number of nitrogens with zero attached hydrogens (tertiary/aromatic N) is 3. The molecular formula is C29H25N5O. The quantitative estimate of drug-likeness (QED) is 0.179. The standard InChI is InChI=1S/C29H25N5O/c35-29(28-12-6-10-24-9-4-5-11-27(24)28)32-21-34(33-18-17-25-19-30-20-31-25)26-15-13-23(14-16-26)22-7-2-1-3-8-22/h1-16,19-21,33H,17-18H2,(H,30,31). The summed E-state index contributed by atoms with van der Waals surface area (Å²) in [7, 11) is 0. The Morgan fingerprint density at radius 1 is 0.886 bits per heavy atom. The number of aliphatic imine (C=N–C) groups is 1. The lowest BCUT2D eigenvalue weighted by Crippen LogP contribution is -2.38. The van der Waals surface area contributed by atoms with Crippen molar-refractivity contribution in [2.75, 3.05) is 11.6 Å². The fraction of sp³-hybridized carbons (Fsp3) is 0.0690. The number of hydrogen-bond acceptors (Lipinski definition) is 3. The third-order valence-electron chi connectivity index (χ3n) is 5.79. The number of hydrazine groups is 1. The predicted octanol–water partition coefficient (Wildman–Crippen LogP) is 5.65. The number of rotatable bonds is 8. The van der Waals surface area contributed by atoms with E-state index >= 15 is 0 Å².